The van der Waals surface area contributed by atoms with Crippen molar-refractivity contribution in [2.24, 2.45) is 0 Å². The zero-order valence-corrected chi connectivity index (χ0v) is 15.2. The van der Waals surface area contributed by atoms with Crippen LogP contribution in [0.25, 0.3) is 22.4 Å². The first-order valence-electron chi connectivity index (χ1n) is 8.83. The van der Waals surface area contributed by atoms with Crippen LogP contribution in [0.15, 0.2) is 42.9 Å². The van der Waals surface area contributed by atoms with E-state index in [9.17, 15) is 9.18 Å². The fourth-order valence-corrected chi connectivity index (χ4v) is 3.17. The summed E-state index contributed by atoms with van der Waals surface area (Å²) in [6.45, 7) is 2.76. The van der Waals surface area contributed by atoms with Gasteiger partial charge in [-0.05, 0) is 37.6 Å². The van der Waals surface area contributed by atoms with Crippen LogP contribution in [0.2, 0.25) is 0 Å². The Morgan fingerprint density at radius 1 is 1.18 bits per heavy atom. The average molecular weight is 379 g/mol. The molecule has 1 fully saturated rings. The largest absolute Gasteiger partial charge is 0.384 e. The quantitative estimate of drug-likeness (QED) is 0.752. The number of aryl methyl sites for hydroxylation is 1. The van der Waals surface area contributed by atoms with Gasteiger partial charge >= 0.3 is 0 Å². The second-order valence-corrected chi connectivity index (χ2v) is 6.44. The van der Waals surface area contributed by atoms with Gasteiger partial charge in [-0.25, -0.2) is 24.4 Å². The van der Waals surface area contributed by atoms with Crippen LogP contribution in [0.3, 0.4) is 0 Å². The molecule has 0 radical (unpaired) electrons. The molecule has 3 heterocycles. The molecule has 2 N–H and O–H groups in total. The summed E-state index contributed by atoms with van der Waals surface area (Å²) in [6, 6.07) is 7.93. The second-order valence-electron chi connectivity index (χ2n) is 6.44. The summed E-state index contributed by atoms with van der Waals surface area (Å²) in [5.74, 6) is -0.711. The van der Waals surface area contributed by atoms with Gasteiger partial charge in [0.15, 0.2) is 0 Å². The molecule has 4 rings (SSSR count). The summed E-state index contributed by atoms with van der Waals surface area (Å²) in [7, 11) is 0. The average Bonchev–Trinajstić information content (AvgIpc) is 3.23. The topological polar surface area (TPSA) is 94.2 Å². The molecule has 7 nitrogen and oxygen atoms in total. The normalized spacial score (nSPS) is 13.7. The molecule has 1 aliphatic heterocycles. The number of hydrogen-bond donors (Lipinski definition) is 1. The van der Waals surface area contributed by atoms with E-state index in [1.165, 1.54) is 23.5 Å². The van der Waals surface area contributed by atoms with Gasteiger partial charge in [0.2, 0.25) is 0 Å². The molecule has 3 aromatic rings. The van der Waals surface area contributed by atoms with Crippen LogP contribution in [-0.4, -0.2) is 39.1 Å². The van der Waals surface area contributed by atoms with Gasteiger partial charge < -0.3 is 5.73 Å². The number of aromatic nitrogens is 3. The molecule has 142 valence electrons. The first-order valence-corrected chi connectivity index (χ1v) is 8.83. The van der Waals surface area contributed by atoms with E-state index in [2.05, 4.69) is 15.0 Å². The smallest absolute Gasteiger partial charge is 0.280 e. The number of hydroxylamine groups is 2. The molecule has 0 atom stereocenters. The first-order chi connectivity index (χ1) is 13.5. The number of carbonyl (C=O) groups is 1. The van der Waals surface area contributed by atoms with Crippen LogP contribution in [0.5, 0.6) is 0 Å². The SMILES string of the molecule is Cc1ncnc(-c2ccc(C(=O)N3CCCO3)c(F)c2)c1-c1ccc(N)nc1. The molecular formula is C20H18FN5O2. The van der Waals surface area contributed by atoms with E-state index >= 15 is 0 Å². The van der Waals surface area contributed by atoms with Crippen molar-refractivity contribution in [1.29, 1.82) is 0 Å². The molecule has 1 amide bonds. The zero-order chi connectivity index (χ0) is 19.7. The van der Waals surface area contributed by atoms with Crippen molar-refractivity contribution in [3.63, 3.8) is 0 Å². The van der Waals surface area contributed by atoms with Gasteiger partial charge in [0.1, 0.15) is 18.0 Å². The Kier molecular flexibility index (Phi) is 4.70. The van der Waals surface area contributed by atoms with Crippen LogP contribution in [0.4, 0.5) is 10.2 Å². The summed E-state index contributed by atoms with van der Waals surface area (Å²) in [6.07, 6.45) is 3.79. The van der Waals surface area contributed by atoms with Gasteiger partial charge in [-0.1, -0.05) is 6.07 Å². The molecule has 1 aliphatic rings. The number of hydrogen-bond acceptors (Lipinski definition) is 6. The number of carbonyl (C=O) groups excluding carboxylic acids is 1. The summed E-state index contributed by atoms with van der Waals surface area (Å²) in [4.78, 5) is 30.3. The van der Waals surface area contributed by atoms with Crippen LogP contribution in [-0.2, 0) is 4.84 Å². The predicted molar refractivity (Wildman–Crippen MR) is 101 cm³/mol. The fourth-order valence-electron chi connectivity index (χ4n) is 3.17. The lowest BCUT2D eigenvalue weighted by atomic mass is 9.98. The zero-order valence-electron chi connectivity index (χ0n) is 15.2. The number of halogens is 1. The second kappa shape index (κ2) is 7.32. The summed E-state index contributed by atoms with van der Waals surface area (Å²) >= 11 is 0. The molecule has 1 saturated heterocycles. The predicted octanol–water partition coefficient (Wildman–Crippen LogP) is 3.01. The molecule has 2 aromatic heterocycles. The highest BCUT2D eigenvalue weighted by Gasteiger charge is 2.24. The van der Waals surface area contributed by atoms with E-state index in [0.717, 1.165) is 23.2 Å². The van der Waals surface area contributed by atoms with E-state index in [0.29, 0.717) is 30.2 Å². The van der Waals surface area contributed by atoms with Gasteiger partial charge in [0.25, 0.3) is 5.91 Å². The fraction of sp³-hybridized carbons (Fsp3) is 0.200. The Morgan fingerprint density at radius 2 is 2.00 bits per heavy atom. The van der Waals surface area contributed by atoms with Crippen molar-refractivity contribution in [2.75, 3.05) is 18.9 Å². The molecular weight excluding hydrogens is 361 g/mol. The number of anilines is 1. The van der Waals surface area contributed by atoms with E-state index in [1.54, 1.807) is 18.3 Å². The lowest BCUT2D eigenvalue weighted by Crippen LogP contribution is -2.27. The van der Waals surface area contributed by atoms with Gasteiger partial charge in [-0.15, -0.1) is 0 Å². The van der Waals surface area contributed by atoms with Crippen LogP contribution < -0.4 is 5.73 Å². The number of nitrogen functional groups attached to an aromatic ring is 1. The minimum atomic E-state index is -0.629. The molecule has 8 heteroatoms. The standard InChI is InChI=1S/C20H18FN5O2/c1-12-18(14-4-6-17(22)23-10-14)19(25-11-24-12)13-3-5-15(16(21)9-13)20(27)26-7-2-8-28-26/h3-6,9-11H,2,7-8H2,1H3,(H2,22,23). The maximum Gasteiger partial charge on any atom is 0.280 e. The van der Waals surface area contributed by atoms with Gasteiger partial charge in [0, 0.05) is 28.6 Å². The number of rotatable bonds is 3. The molecule has 1 aromatic carbocycles. The number of pyridine rings is 1. The first kappa shape index (κ1) is 18.0. The minimum Gasteiger partial charge on any atom is -0.384 e. The number of nitrogens with zero attached hydrogens (tertiary/aromatic N) is 4. The summed E-state index contributed by atoms with van der Waals surface area (Å²) in [5, 5.41) is 1.19. The number of amides is 1. The molecule has 0 aliphatic carbocycles. The van der Waals surface area contributed by atoms with Crippen LogP contribution >= 0.6 is 0 Å². The Morgan fingerprint density at radius 3 is 2.68 bits per heavy atom. The highest BCUT2D eigenvalue weighted by molar-refractivity contribution is 5.94. The van der Waals surface area contributed by atoms with Crippen molar-refractivity contribution in [1.82, 2.24) is 20.0 Å². The van der Waals surface area contributed by atoms with Gasteiger partial charge in [0.05, 0.1) is 24.4 Å². The van der Waals surface area contributed by atoms with E-state index in [4.69, 9.17) is 10.6 Å². The van der Waals surface area contributed by atoms with Crippen molar-refractivity contribution >= 4 is 11.7 Å². The van der Waals surface area contributed by atoms with Crippen LogP contribution in [0, 0.1) is 12.7 Å². The Labute approximate surface area is 161 Å². The lowest BCUT2D eigenvalue weighted by molar-refractivity contribution is -0.0770. The monoisotopic (exact) mass is 379 g/mol. The lowest BCUT2D eigenvalue weighted by Gasteiger charge is -2.15. The number of nitrogens with two attached hydrogens (primary N) is 1. The molecule has 0 unspecified atom stereocenters. The third-order valence-electron chi connectivity index (χ3n) is 4.56. The Balaban J connectivity index is 1.76. The Bertz CT molecular complexity index is 1030. The van der Waals surface area contributed by atoms with Crippen molar-refractivity contribution < 1.29 is 14.0 Å². The molecule has 0 saturated carbocycles. The van der Waals surface area contributed by atoms with E-state index < -0.39 is 11.7 Å². The highest BCUT2D eigenvalue weighted by Crippen LogP contribution is 2.33. The Hall–Kier alpha value is -3.39. The van der Waals surface area contributed by atoms with Gasteiger partial charge in [-0.2, -0.15) is 0 Å². The van der Waals surface area contributed by atoms with Crippen LogP contribution in [0.1, 0.15) is 22.5 Å². The maximum atomic E-state index is 14.8. The van der Waals surface area contributed by atoms with Crippen molar-refractivity contribution in [3.8, 4) is 22.4 Å². The van der Waals surface area contributed by atoms with E-state index in [-0.39, 0.29) is 5.56 Å². The third kappa shape index (κ3) is 3.29. The molecule has 28 heavy (non-hydrogen) atoms. The highest BCUT2D eigenvalue weighted by atomic mass is 19.1. The van der Waals surface area contributed by atoms with E-state index in [1.807, 2.05) is 13.0 Å². The number of benzene rings is 1. The van der Waals surface area contributed by atoms with Crippen molar-refractivity contribution in [3.05, 3.63) is 59.9 Å². The van der Waals surface area contributed by atoms with Crippen molar-refractivity contribution in [2.45, 2.75) is 13.3 Å². The molecule has 0 bridgehead atoms. The summed E-state index contributed by atoms with van der Waals surface area (Å²) < 4.78 is 14.8. The summed E-state index contributed by atoms with van der Waals surface area (Å²) in [5.41, 5.74) is 8.95. The maximum absolute atomic E-state index is 14.8. The minimum absolute atomic E-state index is 0.0351. The molecule has 0 spiro atoms. The third-order valence-corrected chi connectivity index (χ3v) is 4.56. The van der Waals surface area contributed by atoms with Gasteiger partial charge in [-0.3, -0.25) is 9.63 Å².